The van der Waals surface area contributed by atoms with Crippen LogP contribution < -0.4 is 0 Å². The maximum Gasteiger partial charge on any atom is 0.392 e. The second-order valence-electron chi connectivity index (χ2n) is 3.92. The number of carbonyl (C=O) groups excluding carboxylic acids is 1. The normalized spacial score (nSPS) is 14.6. The Hall–Kier alpha value is -0.400. The van der Waals surface area contributed by atoms with Crippen LogP contribution in [0.5, 0.6) is 0 Å². The number of Topliss-reactive ketones (excluding diaryl/α,β-unsaturated/α-hetero) is 1. The van der Waals surface area contributed by atoms with Crippen molar-refractivity contribution in [2.24, 2.45) is 5.92 Å². The van der Waals surface area contributed by atoms with Gasteiger partial charge in [0, 0.05) is 24.3 Å². The maximum atomic E-state index is 12.4. The Morgan fingerprint density at radius 3 is 2.11 bits per heavy atom. The molecule has 0 fully saturated rings. The van der Waals surface area contributed by atoms with E-state index in [4.69, 9.17) is 0 Å². The third-order valence-electron chi connectivity index (χ3n) is 2.16. The van der Waals surface area contributed by atoms with Crippen LogP contribution in [0.1, 0.15) is 26.2 Å². The van der Waals surface area contributed by atoms with E-state index in [1.807, 2.05) is 0 Å². The predicted octanol–water partition coefficient (Wildman–Crippen LogP) is 4.22. The van der Waals surface area contributed by atoms with E-state index < -0.39 is 36.9 Å². The zero-order chi connectivity index (χ0) is 14.4. The summed E-state index contributed by atoms with van der Waals surface area (Å²) in [5.41, 5.74) is 0. The first-order chi connectivity index (χ1) is 8.02. The lowest BCUT2D eigenvalue weighted by molar-refractivity contribution is -0.183. The molecule has 0 aromatic heterocycles. The fourth-order valence-corrected chi connectivity index (χ4v) is 2.36. The molecule has 0 bridgehead atoms. The van der Waals surface area contributed by atoms with Crippen LogP contribution in [-0.4, -0.2) is 29.6 Å². The second kappa shape index (κ2) is 7.25. The number of hydrogen-bond acceptors (Lipinski definition) is 2. The zero-order valence-corrected chi connectivity index (χ0v) is 10.5. The first kappa shape index (κ1) is 17.6. The highest BCUT2D eigenvalue weighted by molar-refractivity contribution is 7.99. The lowest BCUT2D eigenvalue weighted by atomic mass is 10.1. The van der Waals surface area contributed by atoms with Crippen LogP contribution >= 0.6 is 11.8 Å². The SMILES string of the molecule is CC(=O)CCSCC(CCC(F)(F)F)C(F)(F)F. The van der Waals surface area contributed by atoms with Gasteiger partial charge in [-0.3, -0.25) is 4.79 Å². The van der Waals surface area contributed by atoms with Crippen LogP contribution in [0.2, 0.25) is 0 Å². The van der Waals surface area contributed by atoms with Crippen LogP contribution in [0.3, 0.4) is 0 Å². The lowest BCUT2D eigenvalue weighted by Crippen LogP contribution is -2.27. The molecule has 1 nitrogen and oxygen atoms in total. The Bertz CT molecular complexity index is 260. The molecule has 0 saturated heterocycles. The van der Waals surface area contributed by atoms with Gasteiger partial charge in [0.2, 0.25) is 0 Å². The summed E-state index contributed by atoms with van der Waals surface area (Å²) >= 11 is 0.859. The molecule has 0 aliphatic carbocycles. The molecule has 0 spiro atoms. The summed E-state index contributed by atoms with van der Waals surface area (Å²) < 4.78 is 72.9. The highest BCUT2D eigenvalue weighted by Crippen LogP contribution is 2.35. The highest BCUT2D eigenvalue weighted by Gasteiger charge is 2.41. The smallest absolute Gasteiger partial charge is 0.300 e. The average Bonchev–Trinajstić information content (AvgIpc) is 2.12. The molecule has 0 aromatic carbocycles. The Morgan fingerprint density at radius 2 is 1.72 bits per heavy atom. The summed E-state index contributed by atoms with van der Waals surface area (Å²) in [6, 6.07) is 0. The Balaban J connectivity index is 4.13. The van der Waals surface area contributed by atoms with E-state index in [9.17, 15) is 31.1 Å². The summed E-state index contributed by atoms with van der Waals surface area (Å²) in [5.74, 6) is -2.36. The Labute approximate surface area is 105 Å². The van der Waals surface area contributed by atoms with Crippen LogP contribution in [0.4, 0.5) is 26.3 Å². The third kappa shape index (κ3) is 9.61. The van der Waals surface area contributed by atoms with Gasteiger partial charge in [0.15, 0.2) is 0 Å². The van der Waals surface area contributed by atoms with Gasteiger partial charge in [-0.2, -0.15) is 38.1 Å². The Kier molecular flexibility index (Phi) is 7.09. The van der Waals surface area contributed by atoms with Gasteiger partial charge >= 0.3 is 12.4 Å². The molecule has 0 aromatic rings. The number of rotatable bonds is 7. The highest BCUT2D eigenvalue weighted by atomic mass is 32.2. The minimum atomic E-state index is -4.63. The van der Waals surface area contributed by atoms with Crippen molar-refractivity contribution in [3.8, 4) is 0 Å². The molecular formula is C10H14F6OS. The number of carbonyl (C=O) groups is 1. The van der Waals surface area contributed by atoms with Gasteiger partial charge in [0.25, 0.3) is 0 Å². The Morgan fingerprint density at radius 1 is 1.17 bits per heavy atom. The van der Waals surface area contributed by atoms with Crippen molar-refractivity contribution in [1.82, 2.24) is 0 Å². The van der Waals surface area contributed by atoms with E-state index in [0.717, 1.165) is 11.8 Å². The average molecular weight is 296 g/mol. The van der Waals surface area contributed by atoms with Gasteiger partial charge in [0.05, 0.1) is 5.92 Å². The molecule has 0 rings (SSSR count). The predicted molar refractivity (Wildman–Crippen MR) is 57.5 cm³/mol. The minimum absolute atomic E-state index is 0.133. The number of thioether (sulfide) groups is 1. The van der Waals surface area contributed by atoms with E-state index in [0.29, 0.717) is 0 Å². The quantitative estimate of drug-likeness (QED) is 0.517. The van der Waals surface area contributed by atoms with Crippen molar-refractivity contribution >= 4 is 17.5 Å². The van der Waals surface area contributed by atoms with Crippen molar-refractivity contribution < 1.29 is 31.1 Å². The fraction of sp³-hybridized carbons (Fsp3) is 0.900. The molecule has 0 amide bonds. The van der Waals surface area contributed by atoms with Gasteiger partial charge in [-0.05, 0) is 13.3 Å². The minimum Gasteiger partial charge on any atom is -0.300 e. The standard InChI is InChI=1S/C10H14F6OS/c1-7(17)3-5-18-6-8(10(14,15)16)2-4-9(11,12)13/h8H,2-6H2,1H3. The molecular weight excluding hydrogens is 282 g/mol. The summed E-state index contributed by atoms with van der Waals surface area (Å²) in [4.78, 5) is 10.6. The molecule has 0 N–H and O–H groups in total. The molecule has 0 saturated carbocycles. The molecule has 0 heterocycles. The van der Waals surface area contributed by atoms with E-state index in [2.05, 4.69) is 0 Å². The topological polar surface area (TPSA) is 17.1 Å². The van der Waals surface area contributed by atoms with Crippen molar-refractivity contribution in [3.05, 3.63) is 0 Å². The number of halogens is 6. The van der Waals surface area contributed by atoms with Gasteiger partial charge in [0.1, 0.15) is 5.78 Å². The van der Waals surface area contributed by atoms with Gasteiger partial charge in [-0.25, -0.2) is 0 Å². The monoisotopic (exact) mass is 296 g/mol. The molecule has 108 valence electrons. The number of ketones is 1. The van der Waals surface area contributed by atoms with Gasteiger partial charge in [-0.15, -0.1) is 0 Å². The lowest BCUT2D eigenvalue weighted by Gasteiger charge is -2.20. The van der Waals surface area contributed by atoms with Gasteiger partial charge < -0.3 is 0 Å². The second-order valence-corrected chi connectivity index (χ2v) is 5.07. The zero-order valence-electron chi connectivity index (χ0n) is 9.70. The largest absolute Gasteiger partial charge is 0.392 e. The summed E-state index contributed by atoms with van der Waals surface area (Å²) in [5, 5.41) is 0. The van der Waals surface area contributed by atoms with Crippen molar-refractivity contribution in [1.29, 1.82) is 0 Å². The molecule has 18 heavy (non-hydrogen) atoms. The first-order valence-electron chi connectivity index (χ1n) is 5.23. The van der Waals surface area contributed by atoms with Gasteiger partial charge in [-0.1, -0.05) is 0 Å². The molecule has 8 heteroatoms. The summed E-state index contributed by atoms with van der Waals surface area (Å²) in [6.45, 7) is 1.31. The van der Waals surface area contributed by atoms with Crippen molar-refractivity contribution in [3.63, 3.8) is 0 Å². The molecule has 0 radical (unpaired) electrons. The summed E-state index contributed by atoms with van der Waals surface area (Å²) in [6.07, 6.45) is -11.5. The van der Waals surface area contributed by atoms with E-state index >= 15 is 0 Å². The third-order valence-corrected chi connectivity index (χ3v) is 3.29. The van der Waals surface area contributed by atoms with Crippen LogP contribution in [0, 0.1) is 5.92 Å². The summed E-state index contributed by atoms with van der Waals surface area (Å²) in [7, 11) is 0. The van der Waals surface area contributed by atoms with E-state index in [-0.39, 0.29) is 18.0 Å². The van der Waals surface area contributed by atoms with Crippen LogP contribution in [-0.2, 0) is 4.79 Å². The molecule has 0 aliphatic rings. The molecule has 1 unspecified atom stereocenters. The number of hydrogen-bond donors (Lipinski definition) is 0. The van der Waals surface area contributed by atoms with Crippen LogP contribution in [0.15, 0.2) is 0 Å². The van der Waals surface area contributed by atoms with Crippen molar-refractivity contribution in [2.75, 3.05) is 11.5 Å². The van der Waals surface area contributed by atoms with Crippen molar-refractivity contribution in [2.45, 2.75) is 38.5 Å². The molecule has 1 atom stereocenters. The first-order valence-corrected chi connectivity index (χ1v) is 6.38. The van der Waals surface area contributed by atoms with Crippen LogP contribution in [0.25, 0.3) is 0 Å². The fourth-order valence-electron chi connectivity index (χ4n) is 1.12. The maximum absolute atomic E-state index is 12.4. The number of alkyl halides is 6. The van der Waals surface area contributed by atoms with E-state index in [1.54, 1.807) is 0 Å². The van der Waals surface area contributed by atoms with E-state index in [1.165, 1.54) is 6.92 Å². The molecule has 0 aliphatic heterocycles.